The Morgan fingerprint density at radius 2 is 1.84 bits per heavy atom. The molecule has 0 bridgehead atoms. The van der Waals surface area contributed by atoms with Crippen LogP contribution in [0.2, 0.25) is 0 Å². The van der Waals surface area contributed by atoms with Crippen molar-refractivity contribution < 1.29 is 8.42 Å². The van der Waals surface area contributed by atoms with E-state index < -0.39 is 10.0 Å². The van der Waals surface area contributed by atoms with E-state index >= 15 is 0 Å². The van der Waals surface area contributed by atoms with Crippen LogP contribution in [-0.2, 0) is 10.0 Å². The van der Waals surface area contributed by atoms with E-state index in [0.29, 0.717) is 16.7 Å². The molecule has 0 amide bonds. The third-order valence-electron chi connectivity index (χ3n) is 2.66. The number of halogens is 1. The van der Waals surface area contributed by atoms with Crippen LogP contribution in [0.25, 0.3) is 0 Å². The minimum atomic E-state index is -3.54. The average molecular weight is 349 g/mol. The van der Waals surface area contributed by atoms with Crippen molar-refractivity contribution in [2.45, 2.75) is 38.6 Å². The summed E-state index contributed by atoms with van der Waals surface area (Å²) in [6.07, 6.45) is 0. The maximum atomic E-state index is 12.7. The smallest absolute Gasteiger partial charge is 0.244 e. The predicted octanol–water partition coefficient (Wildman–Crippen LogP) is 3.09. The largest absolute Gasteiger partial charge is 0.399 e. The van der Waals surface area contributed by atoms with Crippen LogP contribution in [0.4, 0.5) is 5.69 Å². The summed E-state index contributed by atoms with van der Waals surface area (Å²) in [4.78, 5) is 0.224. The molecule has 6 heteroatoms. The highest BCUT2D eigenvalue weighted by Crippen LogP contribution is 2.28. The van der Waals surface area contributed by atoms with E-state index in [4.69, 9.17) is 5.73 Å². The number of nitrogen functional groups attached to an aromatic ring is 1. The van der Waals surface area contributed by atoms with Crippen molar-refractivity contribution in [3.05, 3.63) is 22.7 Å². The third-order valence-corrected chi connectivity index (χ3v) is 5.70. The molecule has 0 saturated carbocycles. The number of rotatable bonds is 5. The van der Waals surface area contributed by atoms with Crippen molar-refractivity contribution in [2.75, 3.05) is 12.3 Å². The van der Waals surface area contributed by atoms with E-state index in [1.165, 1.54) is 10.4 Å². The molecular formula is C13H21BrN2O2S. The standard InChI is InChI=1S/C13H21BrN2O2S/c1-9(2)8-16(10(3)4)19(17,18)13-7-11(15)5-6-12(13)14/h5-7,9-10H,8,15H2,1-4H3. The maximum Gasteiger partial charge on any atom is 0.244 e. The summed E-state index contributed by atoms with van der Waals surface area (Å²) in [5.74, 6) is 0.261. The summed E-state index contributed by atoms with van der Waals surface area (Å²) >= 11 is 3.29. The lowest BCUT2D eigenvalue weighted by atomic mass is 10.2. The first-order valence-corrected chi connectivity index (χ1v) is 8.46. The van der Waals surface area contributed by atoms with E-state index in [1.54, 1.807) is 12.1 Å². The summed E-state index contributed by atoms with van der Waals surface area (Å²) in [7, 11) is -3.54. The zero-order chi connectivity index (χ0) is 14.8. The lowest BCUT2D eigenvalue weighted by Gasteiger charge is -2.28. The van der Waals surface area contributed by atoms with Crippen LogP contribution in [0.15, 0.2) is 27.6 Å². The first kappa shape index (κ1) is 16.5. The van der Waals surface area contributed by atoms with E-state index in [2.05, 4.69) is 15.9 Å². The van der Waals surface area contributed by atoms with Gasteiger partial charge in [0.05, 0.1) is 4.90 Å². The van der Waals surface area contributed by atoms with Crippen molar-refractivity contribution in [1.29, 1.82) is 0 Å². The molecule has 0 radical (unpaired) electrons. The van der Waals surface area contributed by atoms with Crippen molar-refractivity contribution >= 4 is 31.6 Å². The highest BCUT2D eigenvalue weighted by Gasteiger charge is 2.29. The Morgan fingerprint density at radius 3 is 2.32 bits per heavy atom. The summed E-state index contributed by atoms with van der Waals surface area (Å²) in [6.45, 7) is 8.24. The molecule has 0 aliphatic carbocycles. The fraction of sp³-hybridized carbons (Fsp3) is 0.538. The van der Waals surface area contributed by atoms with Gasteiger partial charge in [0.1, 0.15) is 0 Å². The van der Waals surface area contributed by atoms with Gasteiger partial charge in [-0.15, -0.1) is 0 Å². The highest BCUT2D eigenvalue weighted by molar-refractivity contribution is 9.10. The third kappa shape index (κ3) is 3.94. The van der Waals surface area contributed by atoms with Gasteiger partial charge in [-0.25, -0.2) is 8.42 Å². The second-order valence-corrected chi connectivity index (χ2v) is 7.97. The molecule has 0 aromatic heterocycles. The van der Waals surface area contributed by atoms with Crippen LogP contribution in [0.5, 0.6) is 0 Å². The van der Waals surface area contributed by atoms with Crippen molar-refractivity contribution in [3.63, 3.8) is 0 Å². The van der Waals surface area contributed by atoms with E-state index in [9.17, 15) is 8.42 Å². The Kier molecular flexibility index (Phi) is 5.41. The highest BCUT2D eigenvalue weighted by atomic mass is 79.9. The Hall–Kier alpha value is -0.590. The van der Waals surface area contributed by atoms with Gasteiger partial charge in [-0.05, 0) is 53.9 Å². The van der Waals surface area contributed by atoms with Gasteiger partial charge in [0, 0.05) is 22.7 Å². The van der Waals surface area contributed by atoms with Crippen LogP contribution in [-0.4, -0.2) is 25.3 Å². The number of hydrogen-bond acceptors (Lipinski definition) is 3. The molecule has 4 nitrogen and oxygen atoms in total. The minimum Gasteiger partial charge on any atom is -0.399 e. The van der Waals surface area contributed by atoms with E-state index in [0.717, 1.165) is 0 Å². The molecule has 0 aliphatic heterocycles. The number of anilines is 1. The predicted molar refractivity (Wildman–Crippen MR) is 82.4 cm³/mol. The van der Waals surface area contributed by atoms with Gasteiger partial charge in [-0.3, -0.25) is 0 Å². The molecule has 0 unspecified atom stereocenters. The molecule has 0 aliphatic rings. The van der Waals surface area contributed by atoms with Crippen LogP contribution in [0, 0.1) is 5.92 Å². The molecular weight excluding hydrogens is 328 g/mol. The lowest BCUT2D eigenvalue weighted by Crippen LogP contribution is -2.39. The molecule has 1 aromatic carbocycles. The molecule has 2 N–H and O–H groups in total. The Balaban J connectivity index is 3.30. The molecule has 108 valence electrons. The van der Waals surface area contributed by atoms with E-state index in [1.807, 2.05) is 27.7 Å². The normalized spacial score (nSPS) is 12.6. The summed E-state index contributed by atoms with van der Waals surface area (Å²) < 4.78 is 27.5. The monoisotopic (exact) mass is 348 g/mol. The summed E-state index contributed by atoms with van der Waals surface area (Å²) in [5, 5.41) is 0. The Morgan fingerprint density at radius 1 is 1.26 bits per heavy atom. The number of hydrogen-bond donors (Lipinski definition) is 1. The molecule has 1 rings (SSSR count). The zero-order valence-corrected chi connectivity index (χ0v) is 14.1. The Labute approximate surface area is 124 Å². The molecule has 0 atom stereocenters. The number of nitrogens with two attached hydrogens (primary N) is 1. The summed E-state index contributed by atoms with van der Waals surface area (Å²) in [5.41, 5.74) is 6.14. The van der Waals surface area contributed by atoms with E-state index in [-0.39, 0.29) is 16.9 Å². The molecule has 19 heavy (non-hydrogen) atoms. The van der Waals surface area contributed by atoms with Crippen LogP contribution in [0.1, 0.15) is 27.7 Å². The molecule has 0 heterocycles. The fourth-order valence-electron chi connectivity index (χ4n) is 1.79. The van der Waals surface area contributed by atoms with Gasteiger partial charge in [0.2, 0.25) is 10.0 Å². The minimum absolute atomic E-state index is 0.0965. The van der Waals surface area contributed by atoms with Crippen molar-refractivity contribution in [2.24, 2.45) is 5.92 Å². The molecule has 1 aromatic rings. The molecule has 0 spiro atoms. The number of sulfonamides is 1. The quantitative estimate of drug-likeness (QED) is 0.831. The van der Waals surface area contributed by atoms with Crippen molar-refractivity contribution in [1.82, 2.24) is 4.31 Å². The van der Waals surface area contributed by atoms with Gasteiger partial charge in [-0.2, -0.15) is 4.31 Å². The van der Waals surface area contributed by atoms with Gasteiger partial charge in [0.25, 0.3) is 0 Å². The van der Waals surface area contributed by atoms with Crippen LogP contribution >= 0.6 is 15.9 Å². The molecule has 0 saturated heterocycles. The van der Waals surface area contributed by atoms with Crippen LogP contribution in [0.3, 0.4) is 0 Å². The van der Waals surface area contributed by atoms with Gasteiger partial charge >= 0.3 is 0 Å². The topological polar surface area (TPSA) is 63.4 Å². The van der Waals surface area contributed by atoms with Gasteiger partial charge in [0.15, 0.2) is 0 Å². The summed E-state index contributed by atoms with van der Waals surface area (Å²) in [6, 6.07) is 4.73. The number of benzene rings is 1. The SMILES string of the molecule is CC(C)CN(C(C)C)S(=O)(=O)c1cc(N)ccc1Br. The van der Waals surface area contributed by atoms with Gasteiger partial charge in [-0.1, -0.05) is 13.8 Å². The van der Waals surface area contributed by atoms with Crippen molar-refractivity contribution in [3.8, 4) is 0 Å². The fourth-order valence-corrected chi connectivity index (χ4v) is 4.55. The first-order valence-electron chi connectivity index (χ1n) is 6.23. The zero-order valence-electron chi connectivity index (χ0n) is 11.7. The maximum absolute atomic E-state index is 12.7. The second-order valence-electron chi connectivity index (χ2n) is 5.25. The van der Waals surface area contributed by atoms with Gasteiger partial charge < -0.3 is 5.73 Å². The average Bonchev–Trinajstić information content (AvgIpc) is 2.28. The van der Waals surface area contributed by atoms with Crippen LogP contribution < -0.4 is 5.73 Å². The lowest BCUT2D eigenvalue weighted by molar-refractivity contribution is 0.319. The molecule has 0 fully saturated rings. The first-order chi connectivity index (χ1) is 8.66. The Bertz CT molecular complexity index is 542. The second kappa shape index (κ2) is 6.24. The number of nitrogens with zero attached hydrogens (tertiary/aromatic N) is 1.